The number of carbonyl (C=O) groups excluding carboxylic acids is 2. The fourth-order valence-corrected chi connectivity index (χ4v) is 3.83. The molecule has 2 aromatic rings. The van der Waals surface area contributed by atoms with Gasteiger partial charge < -0.3 is 15.5 Å². The Bertz CT molecular complexity index is 779. The molecule has 1 aliphatic heterocycles. The molecule has 1 aliphatic rings. The van der Waals surface area contributed by atoms with Gasteiger partial charge in [0, 0.05) is 12.6 Å². The Morgan fingerprint density at radius 2 is 1.85 bits per heavy atom. The molecule has 0 atom stereocenters. The standard InChI is InChI=1S/C22H29N3O2/c1-2-14-25(19-10-12-23-13-11-19)22(27)16-24-21(26)15-18-8-5-7-17-6-3-4-9-20(17)18/h3-9,19,23H,2,10-16H2,1H3,(H,24,26). The first kappa shape index (κ1) is 19.4. The molecule has 0 aliphatic carbocycles. The molecular weight excluding hydrogens is 338 g/mol. The van der Waals surface area contributed by atoms with Crippen LogP contribution in [0.4, 0.5) is 0 Å². The van der Waals surface area contributed by atoms with Gasteiger partial charge in [-0.1, -0.05) is 49.4 Å². The van der Waals surface area contributed by atoms with Gasteiger partial charge in [0.15, 0.2) is 0 Å². The predicted molar refractivity (Wildman–Crippen MR) is 109 cm³/mol. The molecule has 1 saturated heterocycles. The van der Waals surface area contributed by atoms with Crippen LogP contribution in [0.25, 0.3) is 10.8 Å². The Morgan fingerprint density at radius 1 is 1.11 bits per heavy atom. The van der Waals surface area contributed by atoms with E-state index in [2.05, 4.69) is 17.6 Å². The number of nitrogens with one attached hydrogen (secondary N) is 2. The van der Waals surface area contributed by atoms with Gasteiger partial charge in [-0.25, -0.2) is 0 Å². The van der Waals surface area contributed by atoms with Crippen molar-refractivity contribution in [3.63, 3.8) is 0 Å². The van der Waals surface area contributed by atoms with Crippen LogP contribution in [0, 0.1) is 0 Å². The van der Waals surface area contributed by atoms with E-state index in [0.717, 1.165) is 55.2 Å². The van der Waals surface area contributed by atoms with Gasteiger partial charge in [-0.05, 0) is 48.7 Å². The van der Waals surface area contributed by atoms with Gasteiger partial charge >= 0.3 is 0 Å². The average molecular weight is 367 g/mol. The summed E-state index contributed by atoms with van der Waals surface area (Å²) in [6, 6.07) is 14.3. The van der Waals surface area contributed by atoms with Crippen LogP contribution in [0.5, 0.6) is 0 Å². The Kier molecular flexibility index (Phi) is 6.82. The molecular formula is C22H29N3O2. The van der Waals surface area contributed by atoms with Crippen molar-refractivity contribution in [1.82, 2.24) is 15.5 Å². The number of piperidine rings is 1. The van der Waals surface area contributed by atoms with Crippen molar-refractivity contribution in [3.8, 4) is 0 Å². The van der Waals surface area contributed by atoms with E-state index in [1.807, 2.05) is 47.4 Å². The summed E-state index contributed by atoms with van der Waals surface area (Å²) in [7, 11) is 0. The van der Waals surface area contributed by atoms with E-state index in [4.69, 9.17) is 0 Å². The zero-order chi connectivity index (χ0) is 19.1. The zero-order valence-electron chi connectivity index (χ0n) is 16.0. The fourth-order valence-electron chi connectivity index (χ4n) is 3.83. The van der Waals surface area contributed by atoms with Crippen LogP contribution in [0.1, 0.15) is 31.7 Å². The van der Waals surface area contributed by atoms with Gasteiger partial charge in [0.25, 0.3) is 0 Å². The van der Waals surface area contributed by atoms with Crippen LogP contribution in [0.2, 0.25) is 0 Å². The largest absolute Gasteiger partial charge is 0.347 e. The maximum atomic E-state index is 12.7. The third-order valence-corrected chi connectivity index (χ3v) is 5.20. The summed E-state index contributed by atoms with van der Waals surface area (Å²) in [6.07, 6.45) is 3.18. The van der Waals surface area contributed by atoms with Crippen molar-refractivity contribution in [3.05, 3.63) is 48.0 Å². The van der Waals surface area contributed by atoms with Crippen LogP contribution >= 0.6 is 0 Å². The molecule has 144 valence electrons. The molecule has 5 heteroatoms. The summed E-state index contributed by atoms with van der Waals surface area (Å²) < 4.78 is 0. The number of hydrogen-bond donors (Lipinski definition) is 2. The lowest BCUT2D eigenvalue weighted by Crippen LogP contribution is -2.49. The summed E-state index contributed by atoms with van der Waals surface area (Å²) in [4.78, 5) is 27.1. The maximum absolute atomic E-state index is 12.7. The fraction of sp³-hybridized carbons (Fsp3) is 0.455. The zero-order valence-corrected chi connectivity index (χ0v) is 16.0. The van der Waals surface area contributed by atoms with Gasteiger partial charge in [0.1, 0.15) is 0 Å². The average Bonchev–Trinajstić information content (AvgIpc) is 2.71. The Morgan fingerprint density at radius 3 is 2.63 bits per heavy atom. The summed E-state index contributed by atoms with van der Waals surface area (Å²) in [5, 5.41) is 8.37. The first-order valence-corrected chi connectivity index (χ1v) is 9.92. The number of rotatable bonds is 7. The van der Waals surface area contributed by atoms with E-state index in [9.17, 15) is 9.59 Å². The van der Waals surface area contributed by atoms with E-state index in [1.165, 1.54) is 0 Å². The van der Waals surface area contributed by atoms with E-state index in [0.29, 0.717) is 0 Å². The Labute approximate surface area is 161 Å². The lowest BCUT2D eigenvalue weighted by Gasteiger charge is -2.34. The lowest BCUT2D eigenvalue weighted by molar-refractivity contribution is -0.135. The number of hydrogen-bond acceptors (Lipinski definition) is 3. The van der Waals surface area contributed by atoms with Crippen LogP contribution in [0.3, 0.4) is 0 Å². The minimum atomic E-state index is -0.110. The smallest absolute Gasteiger partial charge is 0.242 e. The third kappa shape index (κ3) is 5.07. The molecule has 1 fully saturated rings. The quantitative estimate of drug-likeness (QED) is 0.790. The van der Waals surface area contributed by atoms with Crippen LogP contribution < -0.4 is 10.6 Å². The molecule has 0 bridgehead atoms. The second-order valence-corrected chi connectivity index (χ2v) is 7.16. The number of nitrogens with zero attached hydrogens (tertiary/aromatic N) is 1. The predicted octanol–water partition coefficient (Wildman–Crippen LogP) is 2.49. The van der Waals surface area contributed by atoms with Crippen molar-refractivity contribution in [2.45, 2.75) is 38.6 Å². The maximum Gasteiger partial charge on any atom is 0.242 e. The highest BCUT2D eigenvalue weighted by Crippen LogP contribution is 2.19. The minimum Gasteiger partial charge on any atom is -0.347 e. The minimum absolute atomic E-state index is 0.0232. The van der Waals surface area contributed by atoms with Crippen LogP contribution in [-0.2, 0) is 16.0 Å². The molecule has 5 nitrogen and oxygen atoms in total. The van der Waals surface area contributed by atoms with Crippen molar-refractivity contribution in [2.75, 3.05) is 26.2 Å². The normalized spacial score (nSPS) is 14.9. The molecule has 0 radical (unpaired) electrons. The number of carbonyl (C=O) groups is 2. The van der Waals surface area contributed by atoms with E-state index in [-0.39, 0.29) is 30.8 Å². The molecule has 27 heavy (non-hydrogen) atoms. The van der Waals surface area contributed by atoms with E-state index in [1.54, 1.807) is 0 Å². The van der Waals surface area contributed by atoms with Crippen molar-refractivity contribution < 1.29 is 9.59 Å². The Hall–Kier alpha value is -2.40. The first-order valence-electron chi connectivity index (χ1n) is 9.92. The van der Waals surface area contributed by atoms with Crippen LogP contribution in [0.15, 0.2) is 42.5 Å². The molecule has 2 amide bonds. The summed E-state index contributed by atoms with van der Waals surface area (Å²) in [5.41, 5.74) is 0.988. The Balaban J connectivity index is 1.57. The topological polar surface area (TPSA) is 61.4 Å². The number of fused-ring (bicyclic) bond motifs is 1. The van der Waals surface area contributed by atoms with Crippen molar-refractivity contribution in [1.29, 1.82) is 0 Å². The molecule has 0 unspecified atom stereocenters. The SMILES string of the molecule is CCCN(C(=O)CNC(=O)Cc1cccc2ccccc12)C1CCNCC1. The van der Waals surface area contributed by atoms with Gasteiger partial charge in [-0.15, -0.1) is 0 Å². The van der Waals surface area contributed by atoms with Crippen molar-refractivity contribution in [2.24, 2.45) is 0 Å². The molecule has 3 rings (SSSR count). The van der Waals surface area contributed by atoms with Crippen molar-refractivity contribution >= 4 is 22.6 Å². The summed E-state index contributed by atoms with van der Waals surface area (Å²) >= 11 is 0. The molecule has 2 N–H and O–H groups in total. The third-order valence-electron chi connectivity index (χ3n) is 5.20. The van der Waals surface area contributed by atoms with Gasteiger partial charge in [-0.3, -0.25) is 9.59 Å². The summed E-state index contributed by atoms with van der Waals surface area (Å²) in [5.74, 6) is -0.0866. The monoisotopic (exact) mass is 367 g/mol. The van der Waals surface area contributed by atoms with Gasteiger partial charge in [-0.2, -0.15) is 0 Å². The molecule has 0 aromatic heterocycles. The van der Waals surface area contributed by atoms with Gasteiger partial charge in [0.05, 0.1) is 13.0 Å². The molecule has 2 aromatic carbocycles. The van der Waals surface area contributed by atoms with E-state index < -0.39 is 0 Å². The van der Waals surface area contributed by atoms with Crippen LogP contribution in [-0.4, -0.2) is 48.9 Å². The molecule has 1 heterocycles. The summed E-state index contributed by atoms with van der Waals surface area (Å²) in [6.45, 7) is 4.81. The lowest BCUT2D eigenvalue weighted by atomic mass is 10.0. The molecule has 0 saturated carbocycles. The number of benzene rings is 2. The van der Waals surface area contributed by atoms with E-state index >= 15 is 0 Å². The molecule has 0 spiro atoms. The highest BCUT2D eigenvalue weighted by atomic mass is 16.2. The second-order valence-electron chi connectivity index (χ2n) is 7.16. The highest BCUT2D eigenvalue weighted by Gasteiger charge is 2.24. The van der Waals surface area contributed by atoms with Gasteiger partial charge in [0.2, 0.25) is 11.8 Å². The second kappa shape index (κ2) is 9.51. The first-order chi connectivity index (χ1) is 13.2. The highest BCUT2D eigenvalue weighted by molar-refractivity contribution is 5.91. The number of amides is 2.